The Labute approximate surface area is 205 Å². The van der Waals surface area contributed by atoms with Crippen LogP contribution in [0.25, 0.3) is 28.2 Å². The van der Waals surface area contributed by atoms with Gasteiger partial charge in [-0.2, -0.15) is 5.10 Å². The zero-order chi connectivity index (χ0) is 24.6. The third-order valence-electron chi connectivity index (χ3n) is 6.41. The molecule has 1 aliphatic rings. The second kappa shape index (κ2) is 8.73. The highest BCUT2D eigenvalue weighted by molar-refractivity contribution is 5.83. The van der Waals surface area contributed by atoms with Crippen LogP contribution in [0.4, 0.5) is 4.79 Å². The van der Waals surface area contributed by atoms with Crippen LogP contribution in [0, 0.1) is 0 Å². The minimum atomic E-state index is -0.537. The topological polar surface area (TPSA) is 77.8 Å². The highest BCUT2D eigenvalue weighted by Gasteiger charge is 2.41. The van der Waals surface area contributed by atoms with E-state index in [-0.39, 0.29) is 6.09 Å². The predicted octanol–water partition coefficient (Wildman–Crippen LogP) is 5.98. The summed E-state index contributed by atoms with van der Waals surface area (Å²) >= 11 is 0. The van der Waals surface area contributed by atoms with Crippen LogP contribution < -0.4 is 10.1 Å². The van der Waals surface area contributed by atoms with Gasteiger partial charge in [0.05, 0.1) is 24.5 Å². The van der Waals surface area contributed by atoms with Crippen molar-refractivity contribution in [2.75, 3.05) is 7.11 Å². The Morgan fingerprint density at radius 3 is 2.31 bits per heavy atom. The molecule has 1 aliphatic carbocycles. The summed E-state index contributed by atoms with van der Waals surface area (Å²) in [6, 6.07) is 20.2. The van der Waals surface area contributed by atoms with Crippen molar-refractivity contribution in [3.63, 3.8) is 0 Å². The SMILES string of the molecule is COc1ccnn2c(-c3ccccc3)c(-c3ccc(C4(NC(=O)OC(C)(C)C)CCC4)cc3)nc12. The van der Waals surface area contributed by atoms with E-state index < -0.39 is 11.1 Å². The van der Waals surface area contributed by atoms with Gasteiger partial charge >= 0.3 is 6.09 Å². The Morgan fingerprint density at radius 2 is 1.71 bits per heavy atom. The van der Waals surface area contributed by atoms with E-state index in [0.717, 1.165) is 47.3 Å². The number of imidazole rings is 1. The van der Waals surface area contributed by atoms with Gasteiger partial charge in [0.2, 0.25) is 0 Å². The summed E-state index contributed by atoms with van der Waals surface area (Å²) < 4.78 is 12.9. The number of nitrogens with one attached hydrogen (secondary N) is 1. The van der Waals surface area contributed by atoms with Crippen LogP contribution in [0.2, 0.25) is 0 Å². The number of hydrogen-bond acceptors (Lipinski definition) is 5. The Hall–Kier alpha value is -3.87. The lowest BCUT2D eigenvalue weighted by atomic mass is 9.71. The van der Waals surface area contributed by atoms with E-state index in [4.69, 9.17) is 14.5 Å². The summed E-state index contributed by atoms with van der Waals surface area (Å²) in [4.78, 5) is 17.5. The third-order valence-corrected chi connectivity index (χ3v) is 6.41. The minimum Gasteiger partial charge on any atom is -0.493 e. The van der Waals surface area contributed by atoms with Gasteiger partial charge in [-0.1, -0.05) is 54.6 Å². The highest BCUT2D eigenvalue weighted by atomic mass is 16.6. The number of carbonyl (C=O) groups excluding carboxylic acids is 1. The minimum absolute atomic E-state index is 0.383. The maximum atomic E-state index is 12.5. The number of carbonyl (C=O) groups is 1. The van der Waals surface area contributed by atoms with Gasteiger partial charge in [0.15, 0.2) is 11.4 Å². The zero-order valence-electron chi connectivity index (χ0n) is 20.5. The average Bonchev–Trinajstić information content (AvgIpc) is 3.21. The molecule has 5 rings (SSSR count). The van der Waals surface area contributed by atoms with E-state index in [1.165, 1.54) is 0 Å². The molecule has 1 N–H and O–H groups in total. The van der Waals surface area contributed by atoms with Crippen LogP contribution in [0.3, 0.4) is 0 Å². The van der Waals surface area contributed by atoms with Gasteiger partial charge in [-0.3, -0.25) is 0 Å². The molecular formula is C28H30N4O3. The van der Waals surface area contributed by atoms with E-state index in [1.54, 1.807) is 13.3 Å². The fraction of sp³-hybridized carbons (Fsp3) is 0.321. The molecule has 0 unspecified atom stereocenters. The van der Waals surface area contributed by atoms with Crippen molar-refractivity contribution in [3.05, 3.63) is 72.4 Å². The van der Waals surface area contributed by atoms with Gasteiger partial charge in [0.1, 0.15) is 11.3 Å². The molecule has 2 aromatic heterocycles. The number of rotatable bonds is 5. The van der Waals surface area contributed by atoms with E-state index in [9.17, 15) is 4.79 Å². The molecule has 1 fully saturated rings. The van der Waals surface area contributed by atoms with Crippen molar-refractivity contribution in [3.8, 4) is 28.3 Å². The van der Waals surface area contributed by atoms with Crippen LogP contribution in [0.15, 0.2) is 66.9 Å². The number of methoxy groups -OCH3 is 1. The monoisotopic (exact) mass is 470 g/mol. The first-order valence-electron chi connectivity index (χ1n) is 11.9. The molecule has 0 spiro atoms. The molecule has 35 heavy (non-hydrogen) atoms. The zero-order valence-corrected chi connectivity index (χ0v) is 20.5. The van der Waals surface area contributed by atoms with Crippen LogP contribution in [-0.4, -0.2) is 33.4 Å². The molecule has 4 aromatic rings. The first kappa shape index (κ1) is 22.9. The largest absolute Gasteiger partial charge is 0.493 e. The van der Waals surface area contributed by atoms with Crippen LogP contribution in [0.1, 0.15) is 45.6 Å². The number of fused-ring (bicyclic) bond motifs is 1. The number of ether oxygens (including phenoxy) is 2. The fourth-order valence-corrected chi connectivity index (χ4v) is 4.60. The molecule has 0 bridgehead atoms. The van der Waals surface area contributed by atoms with Crippen molar-refractivity contribution < 1.29 is 14.3 Å². The molecule has 2 heterocycles. The van der Waals surface area contributed by atoms with Gasteiger partial charge < -0.3 is 14.8 Å². The molecule has 180 valence electrons. The molecule has 7 nitrogen and oxygen atoms in total. The van der Waals surface area contributed by atoms with Crippen molar-refractivity contribution >= 4 is 11.7 Å². The summed E-state index contributed by atoms with van der Waals surface area (Å²) in [6.07, 6.45) is 4.17. The molecule has 0 aliphatic heterocycles. The van der Waals surface area contributed by atoms with Gasteiger partial charge in [0.25, 0.3) is 0 Å². The normalized spacial score (nSPS) is 14.9. The van der Waals surface area contributed by atoms with Crippen molar-refractivity contribution in [2.24, 2.45) is 0 Å². The second-order valence-electron chi connectivity index (χ2n) is 9.95. The van der Waals surface area contributed by atoms with E-state index in [2.05, 4.69) is 46.8 Å². The second-order valence-corrected chi connectivity index (χ2v) is 9.95. The number of nitrogens with zero attached hydrogens (tertiary/aromatic N) is 3. The van der Waals surface area contributed by atoms with Gasteiger partial charge in [0, 0.05) is 17.2 Å². The maximum Gasteiger partial charge on any atom is 0.408 e. The van der Waals surface area contributed by atoms with E-state index in [0.29, 0.717) is 11.4 Å². The number of hydrogen-bond donors (Lipinski definition) is 1. The third kappa shape index (κ3) is 4.34. The van der Waals surface area contributed by atoms with Crippen LogP contribution in [-0.2, 0) is 10.3 Å². The lowest BCUT2D eigenvalue weighted by molar-refractivity contribution is 0.0377. The van der Waals surface area contributed by atoms with Gasteiger partial charge in [-0.25, -0.2) is 14.3 Å². The molecule has 7 heteroatoms. The first-order chi connectivity index (χ1) is 16.8. The average molecular weight is 471 g/mol. The summed E-state index contributed by atoms with van der Waals surface area (Å²) in [6.45, 7) is 5.62. The van der Waals surface area contributed by atoms with Crippen LogP contribution >= 0.6 is 0 Å². The van der Waals surface area contributed by atoms with E-state index >= 15 is 0 Å². The Kier molecular flexibility index (Phi) is 5.71. The van der Waals surface area contributed by atoms with Gasteiger partial charge in [-0.05, 0) is 45.6 Å². The maximum absolute atomic E-state index is 12.5. The highest BCUT2D eigenvalue weighted by Crippen LogP contribution is 2.42. The Morgan fingerprint density at radius 1 is 1.00 bits per heavy atom. The molecule has 1 saturated carbocycles. The Balaban J connectivity index is 1.54. The first-order valence-corrected chi connectivity index (χ1v) is 11.9. The standard InChI is InChI=1S/C28H30N4O3/c1-27(2,3)35-26(33)31-28(16-8-17-28)21-13-11-19(12-14-21)23-24(20-9-6-5-7-10-20)32-25(30-23)22(34-4)15-18-29-32/h5-7,9-15,18H,8,16-17H2,1-4H3,(H,31,33). The quantitative estimate of drug-likeness (QED) is 0.388. The number of benzene rings is 2. The number of aromatic nitrogens is 3. The summed E-state index contributed by atoms with van der Waals surface area (Å²) in [5.41, 5.74) is 4.50. The number of amides is 1. The van der Waals surface area contributed by atoms with Crippen molar-refractivity contribution in [2.45, 2.75) is 51.2 Å². The predicted molar refractivity (Wildman–Crippen MR) is 135 cm³/mol. The molecule has 1 amide bonds. The van der Waals surface area contributed by atoms with Crippen molar-refractivity contribution in [1.82, 2.24) is 19.9 Å². The molecular weight excluding hydrogens is 440 g/mol. The lowest BCUT2D eigenvalue weighted by Gasteiger charge is -2.43. The van der Waals surface area contributed by atoms with Gasteiger partial charge in [-0.15, -0.1) is 0 Å². The summed E-state index contributed by atoms with van der Waals surface area (Å²) in [7, 11) is 1.64. The Bertz CT molecular complexity index is 1350. The molecule has 2 aromatic carbocycles. The fourth-order valence-electron chi connectivity index (χ4n) is 4.60. The molecule has 0 saturated heterocycles. The molecule has 0 atom stereocenters. The lowest BCUT2D eigenvalue weighted by Crippen LogP contribution is -2.52. The summed E-state index contributed by atoms with van der Waals surface area (Å²) in [5.74, 6) is 0.662. The number of alkyl carbamates (subject to hydrolysis) is 1. The summed E-state index contributed by atoms with van der Waals surface area (Å²) in [5, 5.41) is 7.69. The smallest absolute Gasteiger partial charge is 0.408 e. The van der Waals surface area contributed by atoms with Crippen molar-refractivity contribution in [1.29, 1.82) is 0 Å². The molecule has 0 radical (unpaired) electrons. The van der Waals surface area contributed by atoms with E-state index in [1.807, 2.05) is 49.6 Å². The van der Waals surface area contributed by atoms with Crippen LogP contribution in [0.5, 0.6) is 5.75 Å².